The number of amides is 1. The fourth-order valence-corrected chi connectivity index (χ4v) is 2.64. The van der Waals surface area contributed by atoms with Gasteiger partial charge >= 0.3 is 0 Å². The Kier molecular flexibility index (Phi) is 5.68. The fourth-order valence-electron chi connectivity index (χ4n) is 1.64. The molecule has 3 N–H and O–H groups in total. The van der Waals surface area contributed by atoms with E-state index in [-0.39, 0.29) is 22.9 Å². The summed E-state index contributed by atoms with van der Waals surface area (Å²) in [7, 11) is 0. The first-order valence-corrected chi connectivity index (χ1v) is 7.20. The Morgan fingerprint density at radius 3 is 2.78 bits per heavy atom. The number of rotatable bonds is 6. The van der Waals surface area contributed by atoms with Gasteiger partial charge in [-0.05, 0) is 20.3 Å². The van der Waals surface area contributed by atoms with Crippen LogP contribution in [0.5, 0.6) is 0 Å². The van der Waals surface area contributed by atoms with Crippen molar-refractivity contribution < 1.29 is 4.79 Å². The Hall–Kier alpha value is -1.01. The van der Waals surface area contributed by atoms with Crippen molar-refractivity contribution in [3.8, 4) is 0 Å². The van der Waals surface area contributed by atoms with Crippen molar-refractivity contribution in [2.75, 3.05) is 0 Å². The van der Waals surface area contributed by atoms with Gasteiger partial charge in [-0.2, -0.15) is 0 Å². The first kappa shape index (κ1) is 15.0. The zero-order valence-corrected chi connectivity index (χ0v) is 12.5. The van der Waals surface area contributed by atoms with E-state index < -0.39 is 0 Å². The molecule has 100 valence electrons. The molecule has 1 rings (SSSR count). The predicted molar refractivity (Wildman–Crippen MR) is 78.6 cm³/mol. The zero-order chi connectivity index (χ0) is 13.7. The summed E-state index contributed by atoms with van der Waals surface area (Å²) in [5.41, 5.74) is 5.60. The molecule has 18 heavy (non-hydrogen) atoms. The first-order chi connectivity index (χ1) is 8.45. The summed E-state index contributed by atoms with van der Waals surface area (Å²) in [6, 6.07) is -0.107. The van der Waals surface area contributed by atoms with Crippen LogP contribution in [0.3, 0.4) is 0 Å². The van der Waals surface area contributed by atoms with Crippen molar-refractivity contribution >= 4 is 34.5 Å². The lowest BCUT2D eigenvalue weighted by Gasteiger charge is -2.17. The summed E-state index contributed by atoms with van der Waals surface area (Å²) < 4.78 is 0. The largest absolute Gasteiger partial charge is 0.393 e. The summed E-state index contributed by atoms with van der Waals surface area (Å²) in [5.74, 6) is -0.488. The van der Waals surface area contributed by atoms with Crippen LogP contribution < -0.4 is 11.1 Å². The van der Waals surface area contributed by atoms with Gasteiger partial charge < -0.3 is 11.1 Å². The van der Waals surface area contributed by atoms with E-state index in [1.165, 1.54) is 0 Å². The monoisotopic (exact) mass is 285 g/mol. The maximum absolute atomic E-state index is 12.1. The van der Waals surface area contributed by atoms with E-state index in [2.05, 4.69) is 10.3 Å². The third-order valence-electron chi connectivity index (χ3n) is 2.61. The molecule has 0 aromatic carbocycles. The van der Waals surface area contributed by atoms with E-state index in [0.29, 0.717) is 6.42 Å². The lowest BCUT2D eigenvalue weighted by Crippen LogP contribution is -2.38. The van der Waals surface area contributed by atoms with Gasteiger partial charge in [0.1, 0.15) is 5.01 Å². The van der Waals surface area contributed by atoms with Crippen molar-refractivity contribution in [3.63, 3.8) is 0 Å². The molecule has 2 unspecified atom stereocenters. The molecule has 0 saturated heterocycles. The third-order valence-corrected chi connectivity index (χ3v) is 3.99. The van der Waals surface area contributed by atoms with Crippen molar-refractivity contribution in [2.24, 2.45) is 11.7 Å². The standard InChI is InChI=1S/C12H19N3OS2/c1-4-5-9(10(13)17)11(16)15-8(3)12-14-6-7(2)18-12/h6,8-9H,4-5H2,1-3H3,(H2,13,17)(H,15,16). The number of nitrogens with zero attached hydrogens (tertiary/aromatic N) is 1. The van der Waals surface area contributed by atoms with E-state index in [9.17, 15) is 4.79 Å². The van der Waals surface area contributed by atoms with Crippen LogP contribution in [-0.4, -0.2) is 15.9 Å². The number of aromatic nitrogens is 1. The number of hydrogen-bond donors (Lipinski definition) is 2. The molecule has 0 bridgehead atoms. The number of nitrogens with one attached hydrogen (secondary N) is 1. The van der Waals surface area contributed by atoms with Crippen LogP contribution >= 0.6 is 23.6 Å². The lowest BCUT2D eigenvalue weighted by atomic mass is 10.0. The topological polar surface area (TPSA) is 68.0 Å². The van der Waals surface area contributed by atoms with Gasteiger partial charge in [0.15, 0.2) is 0 Å². The summed E-state index contributed by atoms with van der Waals surface area (Å²) in [5, 5.41) is 3.82. The van der Waals surface area contributed by atoms with Crippen molar-refractivity contribution in [1.29, 1.82) is 0 Å². The molecule has 6 heteroatoms. The maximum atomic E-state index is 12.1. The molecule has 1 aromatic heterocycles. The van der Waals surface area contributed by atoms with Gasteiger partial charge in [0.2, 0.25) is 5.91 Å². The minimum absolute atomic E-state index is 0.107. The minimum atomic E-state index is -0.381. The van der Waals surface area contributed by atoms with Crippen molar-refractivity contribution in [1.82, 2.24) is 10.3 Å². The molecule has 0 aliphatic rings. The van der Waals surface area contributed by atoms with Crippen LogP contribution in [0.1, 0.15) is 42.6 Å². The molecule has 0 saturated carbocycles. The summed E-state index contributed by atoms with van der Waals surface area (Å²) >= 11 is 6.52. The van der Waals surface area contributed by atoms with E-state index in [1.54, 1.807) is 17.5 Å². The van der Waals surface area contributed by atoms with Gasteiger partial charge in [-0.3, -0.25) is 4.79 Å². The molecule has 0 aliphatic carbocycles. The average Bonchev–Trinajstić information content (AvgIpc) is 2.72. The summed E-state index contributed by atoms with van der Waals surface area (Å²) in [6.07, 6.45) is 3.37. The number of hydrogen-bond acceptors (Lipinski definition) is 4. The second-order valence-electron chi connectivity index (χ2n) is 4.28. The predicted octanol–water partition coefficient (Wildman–Crippen LogP) is 2.33. The second-order valence-corrected chi connectivity index (χ2v) is 6.02. The molecule has 1 amide bonds. The number of thiazole rings is 1. The van der Waals surface area contributed by atoms with Crippen LogP contribution in [0.2, 0.25) is 0 Å². The fraction of sp³-hybridized carbons (Fsp3) is 0.583. The van der Waals surface area contributed by atoms with Crippen LogP contribution in [-0.2, 0) is 4.79 Å². The van der Waals surface area contributed by atoms with E-state index in [4.69, 9.17) is 18.0 Å². The quantitative estimate of drug-likeness (QED) is 0.787. The number of carbonyl (C=O) groups is 1. The van der Waals surface area contributed by atoms with Crippen LogP contribution in [0.25, 0.3) is 0 Å². The molecule has 0 spiro atoms. The number of carbonyl (C=O) groups excluding carboxylic acids is 1. The van der Waals surface area contributed by atoms with Crippen LogP contribution in [0.15, 0.2) is 6.20 Å². The van der Waals surface area contributed by atoms with Gasteiger partial charge in [-0.1, -0.05) is 25.6 Å². The Labute approximate surface area is 117 Å². The smallest absolute Gasteiger partial charge is 0.230 e. The Bertz CT molecular complexity index is 431. The summed E-state index contributed by atoms with van der Waals surface area (Å²) in [4.78, 5) is 17.7. The first-order valence-electron chi connectivity index (χ1n) is 5.97. The van der Waals surface area contributed by atoms with Gasteiger partial charge in [0, 0.05) is 11.1 Å². The van der Waals surface area contributed by atoms with E-state index >= 15 is 0 Å². The normalized spacial score (nSPS) is 13.9. The minimum Gasteiger partial charge on any atom is -0.393 e. The van der Waals surface area contributed by atoms with Crippen molar-refractivity contribution in [3.05, 3.63) is 16.1 Å². The highest BCUT2D eigenvalue weighted by Gasteiger charge is 2.22. The molecule has 1 aromatic rings. The van der Waals surface area contributed by atoms with Crippen molar-refractivity contribution in [2.45, 2.75) is 39.7 Å². The van der Waals surface area contributed by atoms with Gasteiger partial charge in [-0.25, -0.2) is 4.98 Å². The number of nitrogens with two attached hydrogens (primary N) is 1. The molecule has 2 atom stereocenters. The lowest BCUT2D eigenvalue weighted by molar-refractivity contribution is -0.123. The number of aryl methyl sites for hydroxylation is 1. The van der Waals surface area contributed by atoms with Gasteiger partial charge in [-0.15, -0.1) is 11.3 Å². The van der Waals surface area contributed by atoms with E-state index in [0.717, 1.165) is 16.3 Å². The Balaban J connectivity index is 2.65. The van der Waals surface area contributed by atoms with Crippen LogP contribution in [0, 0.1) is 12.8 Å². The molecule has 0 radical (unpaired) electrons. The highest BCUT2D eigenvalue weighted by Crippen LogP contribution is 2.19. The van der Waals surface area contributed by atoms with Crippen LogP contribution in [0.4, 0.5) is 0 Å². The Morgan fingerprint density at radius 2 is 2.33 bits per heavy atom. The molecule has 4 nitrogen and oxygen atoms in total. The van der Waals surface area contributed by atoms with Gasteiger partial charge in [0.05, 0.1) is 16.9 Å². The second kappa shape index (κ2) is 6.80. The zero-order valence-electron chi connectivity index (χ0n) is 10.9. The highest BCUT2D eigenvalue weighted by molar-refractivity contribution is 7.80. The molecule has 0 fully saturated rings. The summed E-state index contributed by atoms with van der Waals surface area (Å²) in [6.45, 7) is 5.91. The Morgan fingerprint density at radius 1 is 1.67 bits per heavy atom. The molecule has 1 heterocycles. The average molecular weight is 285 g/mol. The molecular formula is C12H19N3OS2. The molecule has 0 aliphatic heterocycles. The number of thiocarbonyl (C=S) groups is 1. The SMILES string of the molecule is CCCC(C(=O)NC(C)c1ncc(C)s1)C(N)=S. The highest BCUT2D eigenvalue weighted by atomic mass is 32.1. The third kappa shape index (κ3) is 4.03. The van der Waals surface area contributed by atoms with Gasteiger partial charge in [0.25, 0.3) is 0 Å². The maximum Gasteiger partial charge on any atom is 0.230 e. The molecular weight excluding hydrogens is 266 g/mol. The van der Waals surface area contributed by atoms with E-state index in [1.807, 2.05) is 20.8 Å².